The molecule has 0 spiro atoms. The summed E-state index contributed by atoms with van der Waals surface area (Å²) in [6, 6.07) is 11.7. The van der Waals surface area contributed by atoms with Gasteiger partial charge in [-0.15, -0.1) is 0 Å². The number of carbonyl (C=O) groups is 1. The summed E-state index contributed by atoms with van der Waals surface area (Å²) in [7, 11) is 1.83. The first-order chi connectivity index (χ1) is 15.7. The van der Waals surface area contributed by atoms with Crippen molar-refractivity contribution in [2.75, 3.05) is 4.90 Å². The van der Waals surface area contributed by atoms with Gasteiger partial charge in [0.25, 0.3) is 11.5 Å². The molecule has 0 unspecified atom stereocenters. The van der Waals surface area contributed by atoms with Crippen LogP contribution in [-0.2, 0) is 25.6 Å². The first-order valence-electron chi connectivity index (χ1n) is 10.9. The SMILES string of the molecule is Cn1ncc(-c2ccc3c(=O)[nH]nc(CN)c3c2)c1N1Cc2ccc(C(C)(C)C)cc2C1=O. The number of nitrogens with one attached hydrogen (secondary N) is 1. The molecule has 0 atom stereocenters. The fraction of sp³-hybridized carbons (Fsp3) is 0.280. The van der Waals surface area contributed by atoms with Crippen molar-refractivity contribution in [1.29, 1.82) is 0 Å². The number of amides is 1. The summed E-state index contributed by atoms with van der Waals surface area (Å²) >= 11 is 0. The molecule has 0 radical (unpaired) electrons. The van der Waals surface area contributed by atoms with E-state index in [9.17, 15) is 9.59 Å². The van der Waals surface area contributed by atoms with Crippen molar-refractivity contribution in [3.8, 4) is 11.1 Å². The summed E-state index contributed by atoms with van der Waals surface area (Å²) in [5.41, 5.74) is 10.6. The minimum Gasteiger partial charge on any atom is -0.325 e. The summed E-state index contributed by atoms with van der Waals surface area (Å²) in [6.45, 7) is 7.10. The largest absolute Gasteiger partial charge is 0.325 e. The zero-order valence-electron chi connectivity index (χ0n) is 19.1. The number of H-pyrrole nitrogens is 1. The molecule has 2 aromatic carbocycles. The Hall–Kier alpha value is -3.78. The van der Waals surface area contributed by atoms with Crippen LogP contribution >= 0.6 is 0 Å². The quantitative estimate of drug-likeness (QED) is 0.506. The lowest BCUT2D eigenvalue weighted by molar-refractivity contribution is 0.0995. The highest BCUT2D eigenvalue weighted by atomic mass is 16.2. The first kappa shape index (κ1) is 21.1. The zero-order valence-corrected chi connectivity index (χ0v) is 19.1. The van der Waals surface area contributed by atoms with Gasteiger partial charge in [0, 0.05) is 30.1 Å². The first-order valence-corrected chi connectivity index (χ1v) is 10.9. The number of benzene rings is 2. The van der Waals surface area contributed by atoms with Crippen LogP contribution in [0.4, 0.5) is 5.82 Å². The molecule has 1 aliphatic heterocycles. The standard InChI is InChI=1S/C25H26N6O2/c1-25(2,3)16-7-5-15-13-31(24(33)18(15)10-16)23-20(12-27-30(23)4)14-6-8-17-19(9-14)21(11-26)28-29-22(17)32/h5-10,12H,11,13,26H2,1-4H3,(H,29,32). The van der Waals surface area contributed by atoms with Crippen LogP contribution in [0.3, 0.4) is 0 Å². The molecule has 8 nitrogen and oxygen atoms in total. The molecule has 1 amide bonds. The second-order valence-electron chi connectivity index (χ2n) is 9.48. The second-order valence-corrected chi connectivity index (χ2v) is 9.48. The average Bonchev–Trinajstić information content (AvgIpc) is 3.32. The number of aromatic amines is 1. The lowest BCUT2D eigenvalue weighted by Gasteiger charge is -2.19. The molecule has 4 aromatic rings. The van der Waals surface area contributed by atoms with E-state index in [0.717, 1.165) is 27.8 Å². The van der Waals surface area contributed by atoms with E-state index in [1.807, 2.05) is 31.3 Å². The van der Waals surface area contributed by atoms with Gasteiger partial charge in [0.15, 0.2) is 0 Å². The lowest BCUT2D eigenvalue weighted by Crippen LogP contribution is -2.26. The third-order valence-electron chi connectivity index (χ3n) is 6.31. The van der Waals surface area contributed by atoms with Gasteiger partial charge in [0.1, 0.15) is 5.82 Å². The van der Waals surface area contributed by atoms with Crippen molar-refractivity contribution < 1.29 is 4.79 Å². The Bertz CT molecular complexity index is 1470. The highest BCUT2D eigenvalue weighted by Crippen LogP contribution is 2.37. The van der Waals surface area contributed by atoms with Crippen LogP contribution in [0.1, 0.15) is 48.0 Å². The fourth-order valence-corrected chi connectivity index (χ4v) is 4.44. The summed E-state index contributed by atoms with van der Waals surface area (Å²) in [5.74, 6) is 0.669. The number of hydrogen-bond donors (Lipinski definition) is 2. The Morgan fingerprint density at radius 3 is 2.58 bits per heavy atom. The predicted octanol–water partition coefficient (Wildman–Crippen LogP) is 3.24. The van der Waals surface area contributed by atoms with Crippen LogP contribution in [0.15, 0.2) is 47.4 Å². The maximum absolute atomic E-state index is 13.5. The summed E-state index contributed by atoms with van der Waals surface area (Å²) in [4.78, 5) is 27.5. The monoisotopic (exact) mass is 442 g/mol. The Morgan fingerprint density at radius 2 is 1.85 bits per heavy atom. The molecule has 0 aliphatic carbocycles. The molecule has 2 aromatic heterocycles. The lowest BCUT2D eigenvalue weighted by atomic mass is 9.85. The Balaban J connectivity index is 1.61. The third-order valence-corrected chi connectivity index (χ3v) is 6.31. The van der Waals surface area contributed by atoms with E-state index in [0.29, 0.717) is 28.8 Å². The molecular weight excluding hydrogens is 416 g/mol. The number of rotatable bonds is 3. The number of anilines is 1. The van der Waals surface area contributed by atoms with E-state index in [1.165, 1.54) is 0 Å². The molecular formula is C25H26N6O2. The van der Waals surface area contributed by atoms with Gasteiger partial charge >= 0.3 is 0 Å². The third kappa shape index (κ3) is 3.34. The highest BCUT2D eigenvalue weighted by molar-refractivity contribution is 6.11. The average molecular weight is 443 g/mol. The van der Waals surface area contributed by atoms with Crippen molar-refractivity contribution in [3.05, 3.63) is 75.3 Å². The molecule has 33 heavy (non-hydrogen) atoms. The number of hydrogen-bond acceptors (Lipinski definition) is 5. The summed E-state index contributed by atoms with van der Waals surface area (Å²) in [5, 5.41) is 12.2. The molecule has 3 N–H and O–H groups in total. The highest BCUT2D eigenvalue weighted by Gasteiger charge is 2.33. The van der Waals surface area contributed by atoms with E-state index in [-0.39, 0.29) is 23.4 Å². The number of carbonyl (C=O) groups excluding carboxylic acids is 1. The zero-order chi connectivity index (χ0) is 23.5. The van der Waals surface area contributed by atoms with Crippen molar-refractivity contribution in [1.82, 2.24) is 20.0 Å². The van der Waals surface area contributed by atoms with Crippen LogP contribution in [0.25, 0.3) is 21.9 Å². The fourth-order valence-electron chi connectivity index (χ4n) is 4.44. The van der Waals surface area contributed by atoms with Gasteiger partial charge in [0.05, 0.1) is 23.8 Å². The van der Waals surface area contributed by atoms with Crippen LogP contribution in [0, 0.1) is 0 Å². The number of fused-ring (bicyclic) bond motifs is 2. The molecule has 0 bridgehead atoms. The molecule has 1 aliphatic rings. The Kier molecular flexibility index (Phi) is 4.72. The van der Waals surface area contributed by atoms with E-state index >= 15 is 0 Å². The van der Waals surface area contributed by atoms with Gasteiger partial charge in [-0.05, 0) is 40.3 Å². The van der Waals surface area contributed by atoms with Crippen molar-refractivity contribution >= 4 is 22.5 Å². The van der Waals surface area contributed by atoms with Gasteiger partial charge in [-0.25, -0.2) is 5.10 Å². The maximum Gasteiger partial charge on any atom is 0.272 e. The minimum absolute atomic E-state index is 0.0394. The smallest absolute Gasteiger partial charge is 0.272 e. The van der Waals surface area contributed by atoms with E-state index in [4.69, 9.17) is 5.73 Å². The molecule has 8 heteroatoms. The summed E-state index contributed by atoms with van der Waals surface area (Å²) < 4.78 is 1.72. The van der Waals surface area contributed by atoms with Crippen molar-refractivity contribution in [3.63, 3.8) is 0 Å². The molecule has 0 saturated heterocycles. The minimum atomic E-state index is -0.264. The van der Waals surface area contributed by atoms with Gasteiger partial charge < -0.3 is 5.73 Å². The van der Waals surface area contributed by atoms with Gasteiger partial charge in [-0.2, -0.15) is 10.2 Å². The topological polar surface area (TPSA) is 110 Å². The number of nitrogens with two attached hydrogens (primary N) is 1. The molecule has 3 heterocycles. The number of nitrogens with zero attached hydrogens (tertiary/aromatic N) is 4. The number of aryl methyl sites for hydroxylation is 1. The van der Waals surface area contributed by atoms with Crippen molar-refractivity contribution in [2.24, 2.45) is 12.8 Å². The van der Waals surface area contributed by atoms with Gasteiger partial charge in [-0.3, -0.25) is 19.2 Å². The normalized spacial score (nSPS) is 13.7. The predicted molar refractivity (Wildman–Crippen MR) is 128 cm³/mol. The van der Waals surface area contributed by atoms with E-state index < -0.39 is 0 Å². The van der Waals surface area contributed by atoms with E-state index in [1.54, 1.807) is 21.8 Å². The Labute approximate surface area is 191 Å². The summed E-state index contributed by atoms with van der Waals surface area (Å²) in [6.07, 6.45) is 1.75. The molecule has 0 fully saturated rings. The van der Waals surface area contributed by atoms with Crippen LogP contribution in [0.2, 0.25) is 0 Å². The second kappa shape index (κ2) is 7.38. The molecule has 168 valence electrons. The van der Waals surface area contributed by atoms with Crippen LogP contribution in [-0.4, -0.2) is 25.9 Å². The Morgan fingerprint density at radius 1 is 1.06 bits per heavy atom. The molecule has 5 rings (SSSR count). The van der Waals surface area contributed by atoms with Gasteiger partial charge in [-0.1, -0.05) is 39.0 Å². The van der Waals surface area contributed by atoms with Crippen molar-refractivity contribution in [2.45, 2.75) is 39.3 Å². The molecule has 0 saturated carbocycles. The van der Waals surface area contributed by atoms with Gasteiger partial charge in [0.2, 0.25) is 0 Å². The van der Waals surface area contributed by atoms with E-state index in [2.05, 4.69) is 42.1 Å². The van der Waals surface area contributed by atoms with Crippen LogP contribution < -0.4 is 16.2 Å². The maximum atomic E-state index is 13.5. The number of aromatic nitrogens is 4. The van der Waals surface area contributed by atoms with Crippen LogP contribution in [0.5, 0.6) is 0 Å².